The van der Waals surface area contributed by atoms with Crippen molar-refractivity contribution in [3.8, 4) is 0 Å². The highest BCUT2D eigenvalue weighted by Gasteiger charge is 2.68. The number of alkyl halides is 3. The van der Waals surface area contributed by atoms with E-state index in [4.69, 9.17) is 0 Å². The van der Waals surface area contributed by atoms with E-state index in [9.17, 15) is 23.1 Å². The van der Waals surface area contributed by atoms with Gasteiger partial charge in [0.2, 0.25) is 0 Å². The lowest BCUT2D eigenvalue weighted by atomic mass is 9.91. The van der Waals surface area contributed by atoms with Gasteiger partial charge in [0.05, 0.1) is 11.3 Å². The van der Waals surface area contributed by atoms with Crippen LogP contribution in [0.25, 0.3) is 0 Å². The Kier molecular flexibility index (Phi) is 2.47. The minimum atomic E-state index is -4.46. The van der Waals surface area contributed by atoms with Crippen LogP contribution < -0.4 is 0 Å². The summed E-state index contributed by atoms with van der Waals surface area (Å²) in [6, 6.07) is 2.03. The molecular formula is C12H12F3NO2. The summed E-state index contributed by atoms with van der Waals surface area (Å²) in [5, 5.41) is 9.26. The van der Waals surface area contributed by atoms with E-state index < -0.39 is 28.5 Å². The zero-order valence-corrected chi connectivity index (χ0v) is 9.88. The van der Waals surface area contributed by atoms with Gasteiger partial charge in [0, 0.05) is 6.20 Å². The molecule has 1 N–H and O–H groups in total. The number of hydrogen-bond acceptors (Lipinski definition) is 2. The molecule has 1 saturated carbocycles. The van der Waals surface area contributed by atoms with Crippen molar-refractivity contribution < 1.29 is 23.1 Å². The van der Waals surface area contributed by atoms with Gasteiger partial charge in [0.25, 0.3) is 0 Å². The van der Waals surface area contributed by atoms with Gasteiger partial charge in [-0.15, -0.1) is 0 Å². The lowest BCUT2D eigenvalue weighted by molar-refractivity contribution is -0.141. The third-order valence-corrected chi connectivity index (χ3v) is 3.63. The molecule has 3 nitrogen and oxygen atoms in total. The van der Waals surface area contributed by atoms with Gasteiger partial charge in [-0.25, -0.2) is 0 Å². The molecule has 0 aliphatic heterocycles. The number of halogens is 3. The first-order valence-corrected chi connectivity index (χ1v) is 5.38. The second-order valence-electron chi connectivity index (χ2n) is 5.20. The smallest absolute Gasteiger partial charge is 0.417 e. The van der Waals surface area contributed by atoms with Gasteiger partial charge in [-0.05, 0) is 24.0 Å². The molecule has 6 heteroatoms. The molecule has 1 unspecified atom stereocenters. The van der Waals surface area contributed by atoms with Crippen LogP contribution in [0, 0.1) is 5.41 Å². The van der Waals surface area contributed by atoms with Crippen molar-refractivity contribution in [2.45, 2.75) is 31.9 Å². The number of carbonyl (C=O) groups is 1. The van der Waals surface area contributed by atoms with Crippen molar-refractivity contribution in [1.29, 1.82) is 0 Å². The first kappa shape index (κ1) is 12.9. The molecule has 98 valence electrons. The number of pyridine rings is 1. The standard InChI is InChI=1S/C12H12F3NO2/c1-10(2)6-11(10,9(17)18)8-4-3-7(5-16-8)12(13,14)15/h3-5H,6H2,1-2H3,(H,17,18). The topological polar surface area (TPSA) is 50.2 Å². The summed E-state index contributed by atoms with van der Waals surface area (Å²) in [6.07, 6.45) is -3.39. The number of carboxylic acid groups (broad SMARTS) is 1. The third kappa shape index (κ3) is 1.67. The second-order valence-corrected chi connectivity index (χ2v) is 5.20. The van der Waals surface area contributed by atoms with Crippen molar-refractivity contribution in [3.63, 3.8) is 0 Å². The van der Waals surface area contributed by atoms with Crippen molar-refractivity contribution in [2.75, 3.05) is 0 Å². The molecule has 18 heavy (non-hydrogen) atoms. The van der Waals surface area contributed by atoms with Gasteiger partial charge >= 0.3 is 12.1 Å². The molecule has 1 fully saturated rings. The van der Waals surface area contributed by atoms with Gasteiger partial charge in [-0.2, -0.15) is 13.2 Å². The molecule has 0 saturated heterocycles. The van der Waals surface area contributed by atoms with E-state index in [2.05, 4.69) is 4.98 Å². The highest BCUT2D eigenvalue weighted by atomic mass is 19.4. The Morgan fingerprint density at radius 1 is 1.39 bits per heavy atom. The molecule has 1 heterocycles. The summed E-state index contributed by atoms with van der Waals surface area (Å²) in [5.74, 6) is -1.04. The molecule has 0 spiro atoms. The molecule has 0 radical (unpaired) electrons. The molecule has 0 amide bonds. The first-order chi connectivity index (χ1) is 8.11. The molecule has 1 aromatic rings. The summed E-state index contributed by atoms with van der Waals surface area (Å²) in [4.78, 5) is 15.0. The maximum atomic E-state index is 12.4. The molecule has 0 bridgehead atoms. The van der Waals surface area contributed by atoms with Crippen LogP contribution in [0.4, 0.5) is 13.2 Å². The fraction of sp³-hybridized carbons (Fsp3) is 0.500. The Labute approximate surface area is 102 Å². The van der Waals surface area contributed by atoms with Crippen LogP contribution in [0.3, 0.4) is 0 Å². The maximum Gasteiger partial charge on any atom is 0.417 e. The van der Waals surface area contributed by atoms with Crippen LogP contribution in [0.2, 0.25) is 0 Å². The molecule has 2 rings (SSSR count). The summed E-state index contributed by atoms with van der Waals surface area (Å²) in [6.45, 7) is 3.53. The number of aliphatic carboxylic acids is 1. The molecular weight excluding hydrogens is 247 g/mol. The minimum Gasteiger partial charge on any atom is -0.481 e. The Balaban J connectivity index is 2.39. The van der Waals surface area contributed by atoms with Gasteiger partial charge in [-0.1, -0.05) is 13.8 Å². The third-order valence-electron chi connectivity index (χ3n) is 3.63. The van der Waals surface area contributed by atoms with Gasteiger partial charge in [0.15, 0.2) is 0 Å². The van der Waals surface area contributed by atoms with E-state index in [1.54, 1.807) is 13.8 Å². The Hall–Kier alpha value is -1.59. The zero-order valence-electron chi connectivity index (χ0n) is 9.88. The largest absolute Gasteiger partial charge is 0.481 e. The maximum absolute atomic E-state index is 12.4. The summed E-state index contributed by atoms with van der Waals surface area (Å²) < 4.78 is 37.2. The van der Waals surface area contributed by atoms with E-state index in [1.165, 1.54) is 0 Å². The van der Waals surface area contributed by atoms with Crippen LogP contribution in [0.1, 0.15) is 31.5 Å². The Morgan fingerprint density at radius 2 is 1.94 bits per heavy atom. The van der Waals surface area contributed by atoms with Gasteiger partial charge in [0.1, 0.15) is 5.41 Å². The molecule has 1 aliphatic carbocycles. The first-order valence-electron chi connectivity index (χ1n) is 5.38. The molecule has 1 atom stereocenters. The Bertz CT molecular complexity index is 493. The average Bonchev–Trinajstić information content (AvgIpc) is 2.82. The minimum absolute atomic E-state index is 0.188. The predicted octanol–water partition coefficient (Wildman–Crippen LogP) is 2.85. The highest BCUT2D eigenvalue weighted by molar-refractivity contribution is 5.86. The fourth-order valence-electron chi connectivity index (χ4n) is 2.34. The number of nitrogens with zero attached hydrogens (tertiary/aromatic N) is 1. The lowest BCUT2D eigenvalue weighted by Gasteiger charge is -2.15. The van der Waals surface area contributed by atoms with E-state index in [1.807, 2.05) is 0 Å². The summed E-state index contributed by atoms with van der Waals surface area (Å²) in [7, 11) is 0. The monoisotopic (exact) mass is 259 g/mol. The normalized spacial score (nSPS) is 25.8. The average molecular weight is 259 g/mol. The van der Waals surface area contributed by atoms with Crippen LogP contribution in [-0.4, -0.2) is 16.1 Å². The molecule has 1 aromatic heterocycles. The van der Waals surface area contributed by atoms with Crippen LogP contribution in [0.15, 0.2) is 18.3 Å². The van der Waals surface area contributed by atoms with E-state index >= 15 is 0 Å². The van der Waals surface area contributed by atoms with E-state index in [-0.39, 0.29) is 5.69 Å². The van der Waals surface area contributed by atoms with Crippen LogP contribution in [0.5, 0.6) is 0 Å². The van der Waals surface area contributed by atoms with Crippen molar-refractivity contribution in [2.24, 2.45) is 5.41 Å². The quantitative estimate of drug-likeness (QED) is 0.888. The van der Waals surface area contributed by atoms with Crippen LogP contribution >= 0.6 is 0 Å². The molecule has 0 aromatic carbocycles. The summed E-state index contributed by atoms with van der Waals surface area (Å²) in [5.41, 5.74) is -2.32. The predicted molar refractivity (Wildman–Crippen MR) is 57.0 cm³/mol. The number of carboxylic acids is 1. The summed E-state index contributed by atoms with van der Waals surface area (Å²) >= 11 is 0. The zero-order chi connectivity index (χ0) is 13.8. The SMILES string of the molecule is CC1(C)CC1(C(=O)O)c1ccc(C(F)(F)F)cn1. The lowest BCUT2D eigenvalue weighted by Crippen LogP contribution is -2.26. The van der Waals surface area contributed by atoms with Gasteiger partial charge in [-0.3, -0.25) is 9.78 Å². The van der Waals surface area contributed by atoms with Gasteiger partial charge < -0.3 is 5.11 Å². The molecule has 1 aliphatic rings. The Morgan fingerprint density at radius 3 is 2.22 bits per heavy atom. The van der Waals surface area contributed by atoms with Crippen molar-refractivity contribution >= 4 is 5.97 Å². The number of hydrogen-bond donors (Lipinski definition) is 1. The number of aromatic nitrogens is 1. The second kappa shape index (κ2) is 3.46. The number of rotatable bonds is 2. The van der Waals surface area contributed by atoms with Crippen molar-refractivity contribution in [1.82, 2.24) is 4.98 Å². The highest BCUT2D eigenvalue weighted by Crippen LogP contribution is 2.63. The van der Waals surface area contributed by atoms with E-state index in [0.717, 1.165) is 12.1 Å². The fourth-order valence-corrected chi connectivity index (χ4v) is 2.34. The van der Waals surface area contributed by atoms with Crippen molar-refractivity contribution in [3.05, 3.63) is 29.6 Å². The van der Waals surface area contributed by atoms with E-state index in [0.29, 0.717) is 12.6 Å². The van der Waals surface area contributed by atoms with Crippen LogP contribution in [-0.2, 0) is 16.4 Å².